The number of halogens is 2. The highest BCUT2D eigenvalue weighted by atomic mass is 35.5. The predicted octanol–water partition coefficient (Wildman–Crippen LogP) is 6.92. The molecule has 0 amide bonds. The molecule has 0 aliphatic carbocycles. The number of phenolic OH excluding ortho intramolecular Hbond substituents is 1. The number of carbonyl (C=O) groups is 1. The summed E-state index contributed by atoms with van der Waals surface area (Å²) in [5.41, 5.74) is 6.07. The molecule has 166 valence electrons. The molecular formula is C25H23ClFNO3S. The minimum Gasteiger partial charge on any atom is -0.507 e. The van der Waals surface area contributed by atoms with Crippen molar-refractivity contribution < 1.29 is 19.4 Å². The average molecular weight is 472 g/mol. The van der Waals surface area contributed by atoms with E-state index >= 15 is 4.39 Å². The molecule has 0 bridgehead atoms. The second-order valence-corrected chi connectivity index (χ2v) is 9.14. The zero-order valence-corrected chi connectivity index (χ0v) is 19.7. The van der Waals surface area contributed by atoms with Crippen molar-refractivity contribution in [1.82, 2.24) is 0 Å². The van der Waals surface area contributed by atoms with Gasteiger partial charge in [-0.15, -0.1) is 0 Å². The number of benzene rings is 3. The first-order valence-electron chi connectivity index (χ1n) is 10.2. The highest BCUT2D eigenvalue weighted by molar-refractivity contribution is 8.00. The van der Waals surface area contributed by atoms with E-state index in [2.05, 4.69) is 4.31 Å². The third-order valence-corrected chi connectivity index (χ3v) is 7.30. The zero-order valence-electron chi connectivity index (χ0n) is 18.2. The molecule has 32 heavy (non-hydrogen) atoms. The van der Waals surface area contributed by atoms with Gasteiger partial charge in [0.25, 0.3) is 0 Å². The molecule has 0 spiro atoms. The first-order valence-corrected chi connectivity index (χ1v) is 11.7. The first kappa shape index (κ1) is 22.5. The lowest BCUT2D eigenvalue weighted by Crippen LogP contribution is -2.26. The smallest absolute Gasteiger partial charge is 0.307 e. The van der Waals surface area contributed by atoms with Crippen molar-refractivity contribution >= 4 is 35.2 Å². The molecule has 0 saturated carbocycles. The SMILES string of the molecule is CSN1c2c(C)c(CC(=O)O)c(-c3ccc(Cl)cc3O)c(C)c2-c2c(F)cccc2C1C. The quantitative estimate of drug-likeness (QED) is 0.404. The Kier molecular flexibility index (Phi) is 5.86. The van der Waals surface area contributed by atoms with E-state index < -0.39 is 5.97 Å². The molecule has 0 radical (unpaired) electrons. The lowest BCUT2D eigenvalue weighted by atomic mass is 9.79. The Bertz CT molecular complexity index is 1260. The molecule has 0 saturated heterocycles. The third-order valence-electron chi connectivity index (χ3n) is 6.17. The fourth-order valence-corrected chi connectivity index (χ4v) is 5.81. The van der Waals surface area contributed by atoms with E-state index in [0.29, 0.717) is 27.3 Å². The van der Waals surface area contributed by atoms with Gasteiger partial charge in [-0.05, 0) is 72.9 Å². The van der Waals surface area contributed by atoms with Crippen LogP contribution in [0.1, 0.15) is 35.2 Å². The van der Waals surface area contributed by atoms with Crippen LogP contribution in [0.5, 0.6) is 5.75 Å². The third kappa shape index (κ3) is 3.42. The van der Waals surface area contributed by atoms with E-state index in [1.165, 1.54) is 24.1 Å². The van der Waals surface area contributed by atoms with E-state index in [9.17, 15) is 15.0 Å². The summed E-state index contributed by atoms with van der Waals surface area (Å²) in [5.74, 6) is -1.35. The van der Waals surface area contributed by atoms with Crippen molar-refractivity contribution in [2.75, 3.05) is 10.6 Å². The molecule has 1 atom stereocenters. The van der Waals surface area contributed by atoms with Crippen LogP contribution in [0.2, 0.25) is 5.02 Å². The van der Waals surface area contributed by atoms with Crippen molar-refractivity contribution in [1.29, 1.82) is 0 Å². The van der Waals surface area contributed by atoms with Crippen molar-refractivity contribution in [3.8, 4) is 28.0 Å². The molecule has 7 heteroatoms. The second-order valence-electron chi connectivity index (χ2n) is 7.95. The number of hydrogen-bond donors (Lipinski definition) is 2. The Hall–Kier alpha value is -2.70. The number of anilines is 1. The summed E-state index contributed by atoms with van der Waals surface area (Å²) in [7, 11) is 0. The molecule has 4 rings (SSSR count). The molecule has 1 heterocycles. The van der Waals surface area contributed by atoms with E-state index in [-0.39, 0.29) is 24.0 Å². The van der Waals surface area contributed by atoms with Crippen LogP contribution in [0, 0.1) is 19.7 Å². The first-order chi connectivity index (χ1) is 15.2. The van der Waals surface area contributed by atoms with E-state index in [1.807, 2.05) is 33.1 Å². The molecular weight excluding hydrogens is 449 g/mol. The van der Waals surface area contributed by atoms with Crippen LogP contribution < -0.4 is 4.31 Å². The number of carboxylic acid groups (broad SMARTS) is 1. The number of nitrogens with zero attached hydrogens (tertiary/aromatic N) is 1. The van der Waals surface area contributed by atoms with E-state index in [0.717, 1.165) is 27.9 Å². The zero-order chi connectivity index (χ0) is 23.3. The summed E-state index contributed by atoms with van der Waals surface area (Å²) < 4.78 is 17.4. The van der Waals surface area contributed by atoms with Gasteiger partial charge in [0.2, 0.25) is 0 Å². The van der Waals surface area contributed by atoms with Crippen LogP contribution in [0.15, 0.2) is 36.4 Å². The standard InChI is InChI=1S/C25H23ClFNO3S/c1-12-18(11-21(30)31)22(17-9-8-15(26)10-20(17)29)13(2)23-24-16(6-5-7-19(24)27)14(3)28(32-4)25(12)23/h5-10,14,29H,11H2,1-4H3,(H,30,31). The molecule has 3 aromatic carbocycles. The van der Waals surface area contributed by atoms with Gasteiger partial charge >= 0.3 is 5.97 Å². The normalized spacial score (nSPS) is 14.8. The molecule has 2 N–H and O–H groups in total. The maximum absolute atomic E-state index is 15.3. The number of rotatable bonds is 4. The Labute approximate surface area is 195 Å². The molecule has 1 aliphatic heterocycles. The molecule has 0 fully saturated rings. The van der Waals surface area contributed by atoms with Crippen LogP contribution in [-0.4, -0.2) is 22.4 Å². The molecule has 4 nitrogen and oxygen atoms in total. The van der Waals surface area contributed by atoms with Gasteiger partial charge in [0.05, 0.1) is 18.2 Å². The summed E-state index contributed by atoms with van der Waals surface area (Å²) in [4.78, 5) is 11.8. The van der Waals surface area contributed by atoms with Gasteiger partial charge in [0.15, 0.2) is 0 Å². The largest absolute Gasteiger partial charge is 0.507 e. The van der Waals surface area contributed by atoms with Gasteiger partial charge in [-0.3, -0.25) is 4.79 Å². The summed E-state index contributed by atoms with van der Waals surface area (Å²) in [5, 5.41) is 20.8. The highest BCUT2D eigenvalue weighted by Gasteiger charge is 2.35. The number of carboxylic acids is 1. The Morgan fingerprint density at radius 3 is 2.50 bits per heavy atom. The monoisotopic (exact) mass is 471 g/mol. The van der Waals surface area contributed by atoms with Crippen LogP contribution in [0.3, 0.4) is 0 Å². The predicted molar refractivity (Wildman–Crippen MR) is 129 cm³/mol. The van der Waals surface area contributed by atoms with Crippen LogP contribution in [-0.2, 0) is 11.2 Å². The Balaban J connectivity index is 2.19. The maximum Gasteiger partial charge on any atom is 0.307 e. The summed E-state index contributed by atoms with van der Waals surface area (Å²) in [6, 6.07) is 9.74. The van der Waals surface area contributed by atoms with Gasteiger partial charge in [0.1, 0.15) is 11.6 Å². The fraction of sp³-hybridized carbons (Fsp3) is 0.240. The topological polar surface area (TPSA) is 60.8 Å². The lowest BCUT2D eigenvalue weighted by Gasteiger charge is -2.40. The summed E-state index contributed by atoms with van der Waals surface area (Å²) in [6.07, 6.45) is 1.73. The van der Waals surface area contributed by atoms with Gasteiger partial charge in [-0.2, -0.15) is 0 Å². The summed E-state index contributed by atoms with van der Waals surface area (Å²) >= 11 is 7.56. The van der Waals surface area contributed by atoms with Crippen molar-refractivity contribution in [2.24, 2.45) is 0 Å². The second kappa shape index (κ2) is 8.34. The highest BCUT2D eigenvalue weighted by Crippen LogP contribution is 2.54. The Morgan fingerprint density at radius 2 is 1.88 bits per heavy atom. The average Bonchev–Trinajstić information content (AvgIpc) is 2.73. The maximum atomic E-state index is 15.3. The van der Waals surface area contributed by atoms with E-state index in [4.69, 9.17) is 11.6 Å². The van der Waals surface area contributed by atoms with Gasteiger partial charge < -0.3 is 14.5 Å². The molecule has 3 aromatic rings. The van der Waals surface area contributed by atoms with Crippen LogP contribution in [0.25, 0.3) is 22.3 Å². The van der Waals surface area contributed by atoms with Crippen molar-refractivity contribution in [3.63, 3.8) is 0 Å². The van der Waals surface area contributed by atoms with Gasteiger partial charge in [-0.25, -0.2) is 4.39 Å². The number of fused-ring (bicyclic) bond motifs is 3. The van der Waals surface area contributed by atoms with E-state index in [1.54, 1.807) is 18.2 Å². The Morgan fingerprint density at radius 1 is 1.16 bits per heavy atom. The van der Waals surface area contributed by atoms with Gasteiger partial charge in [0, 0.05) is 28.0 Å². The van der Waals surface area contributed by atoms with Gasteiger partial charge in [-0.1, -0.05) is 35.7 Å². The van der Waals surface area contributed by atoms with Crippen molar-refractivity contribution in [3.05, 3.63) is 69.5 Å². The lowest BCUT2D eigenvalue weighted by molar-refractivity contribution is -0.136. The molecule has 1 aliphatic rings. The summed E-state index contributed by atoms with van der Waals surface area (Å²) in [6.45, 7) is 5.74. The van der Waals surface area contributed by atoms with Crippen LogP contribution in [0.4, 0.5) is 10.1 Å². The number of aliphatic carboxylic acids is 1. The molecule has 1 unspecified atom stereocenters. The van der Waals surface area contributed by atoms with Crippen LogP contribution >= 0.6 is 23.5 Å². The minimum atomic E-state index is -0.978. The van der Waals surface area contributed by atoms with Crippen molar-refractivity contribution in [2.45, 2.75) is 33.2 Å². The molecule has 0 aromatic heterocycles. The number of phenols is 1. The number of hydrogen-bond acceptors (Lipinski definition) is 4. The number of aromatic hydroxyl groups is 1. The minimum absolute atomic E-state index is 0.0498. The fourth-order valence-electron chi connectivity index (χ4n) is 4.80.